The molecule has 1 amide bonds. The number of sulfonamides is 1. The van der Waals surface area contributed by atoms with Crippen LogP contribution in [0.25, 0.3) is 16.8 Å². The van der Waals surface area contributed by atoms with Gasteiger partial charge in [0.2, 0.25) is 15.9 Å². The molecule has 0 spiro atoms. The van der Waals surface area contributed by atoms with Crippen molar-refractivity contribution in [2.24, 2.45) is 0 Å². The molecular formula is C22H25F4N7O6S2. The highest BCUT2D eigenvalue weighted by atomic mass is 32.3. The van der Waals surface area contributed by atoms with Gasteiger partial charge in [0.1, 0.15) is 23.6 Å². The molecule has 0 aromatic carbocycles. The lowest BCUT2D eigenvalue weighted by molar-refractivity contribution is -0.136. The molecule has 3 aromatic rings. The first kappa shape index (κ1) is 29.2. The van der Waals surface area contributed by atoms with E-state index < -0.39 is 80.1 Å². The maximum Gasteiger partial charge on any atom is 0.418 e. The van der Waals surface area contributed by atoms with E-state index in [1.807, 2.05) is 0 Å². The molecule has 0 aliphatic carbocycles. The molecule has 224 valence electrons. The van der Waals surface area contributed by atoms with Crippen LogP contribution < -0.4 is 15.8 Å². The van der Waals surface area contributed by atoms with Gasteiger partial charge >= 0.3 is 6.18 Å². The predicted molar refractivity (Wildman–Crippen MR) is 140 cm³/mol. The van der Waals surface area contributed by atoms with E-state index in [1.54, 1.807) is 0 Å². The van der Waals surface area contributed by atoms with Crippen LogP contribution >= 0.6 is 10.6 Å². The lowest BCUT2D eigenvalue weighted by Gasteiger charge is -2.27. The smallest absolute Gasteiger partial charge is 0.418 e. The van der Waals surface area contributed by atoms with E-state index in [2.05, 4.69) is 20.4 Å². The molecule has 1 unspecified atom stereocenters. The molecule has 2 aliphatic rings. The third-order valence-electron chi connectivity index (χ3n) is 7.01. The van der Waals surface area contributed by atoms with Gasteiger partial charge in [-0.2, -0.15) is 33.2 Å². The number of halogens is 4. The highest BCUT2D eigenvalue weighted by Gasteiger charge is 2.46. The number of nitrogens with one attached hydrogen (secondary N) is 1. The summed E-state index contributed by atoms with van der Waals surface area (Å²) in [4.78, 5) is 20.9. The fourth-order valence-corrected chi connectivity index (χ4v) is 9.60. The first-order valence-electron chi connectivity index (χ1n) is 12.0. The molecule has 2 aliphatic heterocycles. The van der Waals surface area contributed by atoms with Crippen LogP contribution in [0.2, 0.25) is 0 Å². The van der Waals surface area contributed by atoms with Crippen LogP contribution in [0.3, 0.4) is 0 Å². The lowest BCUT2D eigenvalue weighted by Crippen LogP contribution is -2.43. The molecule has 19 heteroatoms. The van der Waals surface area contributed by atoms with Crippen LogP contribution in [0.4, 0.5) is 23.4 Å². The third kappa shape index (κ3) is 5.39. The molecule has 3 atom stereocenters. The second-order valence-corrected chi connectivity index (χ2v) is 14.2. The zero-order valence-electron chi connectivity index (χ0n) is 21.2. The Morgan fingerprint density at radius 2 is 1.98 bits per heavy atom. The SMILES string of the molecule is COc1ncc(-c2cc(C(F)(F)F)c3c(N)ncnn23)cc1C(=O)N[C@@H]1CN(S(=O)(=O)C2CCS(O)(O)C2)C[C@@H]1F. The van der Waals surface area contributed by atoms with Crippen LogP contribution in [0.15, 0.2) is 24.7 Å². The van der Waals surface area contributed by atoms with Crippen molar-refractivity contribution < 1.29 is 44.6 Å². The van der Waals surface area contributed by atoms with Gasteiger partial charge in [-0.1, -0.05) is 0 Å². The van der Waals surface area contributed by atoms with Gasteiger partial charge in [-0.15, -0.1) is 0 Å². The number of pyridine rings is 1. The Hall–Kier alpha value is -3.26. The van der Waals surface area contributed by atoms with Crippen molar-refractivity contribution in [1.82, 2.24) is 29.2 Å². The van der Waals surface area contributed by atoms with Crippen molar-refractivity contribution in [3.05, 3.63) is 35.8 Å². The maximum absolute atomic E-state index is 14.9. The summed E-state index contributed by atoms with van der Waals surface area (Å²) in [6, 6.07) is 0.689. The zero-order valence-corrected chi connectivity index (χ0v) is 22.9. The number of hydrogen-bond acceptors (Lipinski definition) is 10. The molecule has 41 heavy (non-hydrogen) atoms. The molecule has 3 aromatic heterocycles. The van der Waals surface area contributed by atoms with Crippen LogP contribution in [0, 0.1) is 0 Å². The number of nitrogens with two attached hydrogens (primary N) is 1. The zero-order chi connectivity index (χ0) is 29.9. The number of amides is 1. The van der Waals surface area contributed by atoms with Crippen LogP contribution in [-0.4, -0.2) is 96.5 Å². The molecule has 0 bridgehead atoms. The van der Waals surface area contributed by atoms with E-state index in [0.717, 1.165) is 27.4 Å². The number of rotatable bonds is 6. The number of nitrogens with zero attached hydrogens (tertiary/aromatic N) is 5. The van der Waals surface area contributed by atoms with Gasteiger partial charge < -0.3 is 15.8 Å². The summed E-state index contributed by atoms with van der Waals surface area (Å²) < 4.78 is 109. The Morgan fingerprint density at radius 3 is 2.61 bits per heavy atom. The average molecular weight is 624 g/mol. The number of alkyl halides is 4. The van der Waals surface area contributed by atoms with Crippen LogP contribution in [-0.2, 0) is 16.2 Å². The van der Waals surface area contributed by atoms with Crippen molar-refractivity contribution in [2.45, 2.75) is 30.1 Å². The van der Waals surface area contributed by atoms with Gasteiger partial charge in [0.05, 0.1) is 35.4 Å². The minimum absolute atomic E-state index is 0.0197. The summed E-state index contributed by atoms with van der Waals surface area (Å²) in [5.74, 6) is -1.95. The molecule has 5 N–H and O–H groups in total. The molecular weight excluding hydrogens is 598 g/mol. The quantitative estimate of drug-likeness (QED) is 0.296. The lowest BCUT2D eigenvalue weighted by atomic mass is 10.1. The highest BCUT2D eigenvalue weighted by Crippen LogP contribution is 2.48. The van der Waals surface area contributed by atoms with Gasteiger partial charge in [0, 0.05) is 30.6 Å². The van der Waals surface area contributed by atoms with Crippen LogP contribution in [0.1, 0.15) is 22.3 Å². The Kier molecular flexibility index (Phi) is 7.29. The molecule has 5 heterocycles. The summed E-state index contributed by atoms with van der Waals surface area (Å²) >= 11 is 0. The number of nitrogen functional groups attached to an aromatic ring is 1. The Labute approximate surface area is 232 Å². The van der Waals surface area contributed by atoms with Gasteiger partial charge in [-0.25, -0.2) is 27.3 Å². The number of anilines is 1. The molecule has 13 nitrogen and oxygen atoms in total. The van der Waals surface area contributed by atoms with E-state index in [-0.39, 0.29) is 40.6 Å². The Morgan fingerprint density at radius 1 is 1.24 bits per heavy atom. The number of hydrogen-bond donors (Lipinski definition) is 4. The molecule has 0 radical (unpaired) electrons. The van der Waals surface area contributed by atoms with Gasteiger partial charge in [0.25, 0.3) is 5.91 Å². The van der Waals surface area contributed by atoms with E-state index in [1.165, 1.54) is 13.2 Å². The predicted octanol–water partition coefficient (Wildman–Crippen LogP) is 2.01. The number of fused-ring (bicyclic) bond motifs is 1. The first-order chi connectivity index (χ1) is 19.1. The summed E-state index contributed by atoms with van der Waals surface area (Å²) in [6.07, 6.45) is -4.45. The Balaban J connectivity index is 1.42. The number of carbonyl (C=O) groups is 1. The number of ether oxygens (including phenoxy) is 1. The van der Waals surface area contributed by atoms with Crippen molar-refractivity contribution in [3.63, 3.8) is 0 Å². The summed E-state index contributed by atoms with van der Waals surface area (Å²) in [6.45, 7) is -0.954. The van der Waals surface area contributed by atoms with E-state index >= 15 is 0 Å². The number of carbonyl (C=O) groups excluding carboxylic acids is 1. The average Bonchev–Trinajstić information content (AvgIpc) is 3.59. The molecule has 2 saturated heterocycles. The van der Waals surface area contributed by atoms with E-state index in [0.29, 0.717) is 0 Å². The monoisotopic (exact) mass is 623 g/mol. The number of aromatic nitrogens is 4. The fraction of sp³-hybridized carbons (Fsp3) is 0.455. The number of methoxy groups -OCH3 is 1. The summed E-state index contributed by atoms with van der Waals surface area (Å²) in [7, 11) is -5.89. The molecule has 5 rings (SSSR count). The topological polar surface area (TPSA) is 185 Å². The molecule has 0 saturated carbocycles. The van der Waals surface area contributed by atoms with E-state index in [4.69, 9.17) is 10.5 Å². The minimum atomic E-state index is -4.80. The third-order valence-corrected chi connectivity index (χ3v) is 11.3. The maximum atomic E-state index is 14.9. The van der Waals surface area contributed by atoms with Gasteiger partial charge in [-0.05, 0) is 18.6 Å². The van der Waals surface area contributed by atoms with Crippen molar-refractivity contribution in [2.75, 3.05) is 37.4 Å². The fourth-order valence-electron chi connectivity index (χ4n) is 4.96. The van der Waals surface area contributed by atoms with Crippen molar-refractivity contribution in [3.8, 4) is 17.1 Å². The summed E-state index contributed by atoms with van der Waals surface area (Å²) in [5.41, 5.74) is 3.74. The second-order valence-electron chi connectivity index (χ2n) is 9.67. The van der Waals surface area contributed by atoms with Crippen molar-refractivity contribution in [1.29, 1.82) is 0 Å². The minimum Gasteiger partial charge on any atom is -0.480 e. The molecule has 2 fully saturated rings. The van der Waals surface area contributed by atoms with Gasteiger partial charge in [-0.3, -0.25) is 13.9 Å². The van der Waals surface area contributed by atoms with Gasteiger partial charge in [0.15, 0.2) is 5.82 Å². The standard InChI is InChI=1S/C22H25F4N7O6S2/c1-39-21-13(4-11(6-28-21)17-5-14(22(24,25)26)18-19(27)29-10-30-33(17)18)20(34)31-16-8-32(7-15(16)23)41(37,38)12-2-3-40(35,36)9-12/h4-6,10,12,15-16,35-36H,2-3,7-9H2,1H3,(H,31,34)(H2,27,29,30)/t12?,15-,16+/m0/s1. The highest BCUT2D eigenvalue weighted by molar-refractivity contribution is 8.25. The first-order valence-corrected chi connectivity index (χ1v) is 15.4. The van der Waals surface area contributed by atoms with Crippen molar-refractivity contribution >= 4 is 37.9 Å². The second kappa shape index (κ2) is 10.2. The summed E-state index contributed by atoms with van der Waals surface area (Å²) in [5, 5.41) is 5.20. The van der Waals surface area contributed by atoms with Crippen LogP contribution in [0.5, 0.6) is 5.88 Å². The Bertz CT molecular complexity index is 1620. The van der Waals surface area contributed by atoms with E-state index in [9.17, 15) is 39.9 Å². The normalized spacial score (nSPS) is 24.0. The largest absolute Gasteiger partial charge is 0.480 e.